The van der Waals surface area contributed by atoms with Crippen molar-refractivity contribution in [3.63, 3.8) is 0 Å². The first kappa shape index (κ1) is 103. The Morgan fingerprint density at radius 1 is 0.534 bits per heavy atom. The number of fused-ring (bicyclic) bond motifs is 4. The highest BCUT2D eigenvalue weighted by Crippen LogP contribution is 2.28. The Labute approximate surface area is 770 Å². The van der Waals surface area contributed by atoms with Crippen molar-refractivity contribution in [2.45, 2.75) is 234 Å². The lowest BCUT2D eigenvalue weighted by Gasteiger charge is -2.36. The summed E-state index contributed by atoms with van der Waals surface area (Å²) >= 11 is 0.765. The number of H-pyrrole nitrogens is 3. The summed E-state index contributed by atoms with van der Waals surface area (Å²) in [6, 6.07) is -2.64. The SMILES string of the molecule is CCCCC[C@H]1C(=O)N(C)[C@@H](CCCC)C(=O)N[C@@H](C)C(=O)N[C@H](C(=O)NCC(N)=O)CSCC(=O)N[C@@H](Cc2ccc(O)cc2)C(=O)N(C)[C@@H](C)C(=O)N[C@@H](CC(=O)O)C(=O)N2CCC[C@H]2C(=O)N[C@@H](Cc2cnc[nH]2)C(=O)N[C@@H](CCC(=O)O)C(=O)N2C[C@H](O)C[C@H]2C(=O)N[C@@H](Cc2c[nH]c3ccccc23)C(=O)N[C@@H](CCN)C(=O)N[C@@H](Cc2c[nH]c3ccccc23)C(=O)N1C. The largest absolute Gasteiger partial charge is 0.508 e. The number of carboxylic acid groups (broad SMARTS) is 2. The molecule has 6 aromatic rings. The number of hydrogen-bond donors (Lipinski definition) is 19. The number of aromatic hydroxyl groups is 1. The number of hydrogen-bond acceptors (Lipinski definition) is 23. The number of phenols is 1. The van der Waals surface area contributed by atoms with Crippen molar-refractivity contribution in [2.24, 2.45) is 11.5 Å². The minimum absolute atomic E-state index is 0.0227. The normalized spacial score (nSPS) is 24.9. The van der Waals surface area contributed by atoms with Crippen molar-refractivity contribution in [3.05, 3.63) is 120 Å². The molecule has 6 heterocycles. The number of amides is 16. The average Bonchev–Trinajstić information content (AvgIpc) is 1.57. The number of aliphatic hydroxyl groups excluding tert-OH is 1. The molecule has 3 saturated heterocycles. The lowest BCUT2D eigenvalue weighted by molar-refractivity contribution is -0.149. The van der Waals surface area contributed by atoms with Gasteiger partial charge in [0.25, 0.3) is 0 Å². The zero-order chi connectivity index (χ0) is 97.0. The van der Waals surface area contributed by atoms with Gasteiger partial charge in [-0.25, -0.2) is 4.98 Å². The van der Waals surface area contributed by atoms with Crippen LogP contribution >= 0.6 is 11.8 Å². The zero-order valence-corrected chi connectivity index (χ0v) is 76.1. The molecule has 3 aromatic carbocycles. The molecule has 44 heteroatoms. The van der Waals surface area contributed by atoms with Gasteiger partial charge in [-0.2, -0.15) is 0 Å². The summed E-state index contributed by atoms with van der Waals surface area (Å²) in [5.74, 6) is -19.6. The number of nitrogens with zero attached hydrogens (tertiary/aromatic N) is 6. The Morgan fingerprint density at radius 3 is 1.70 bits per heavy atom. The molecule has 0 spiro atoms. The number of carbonyl (C=O) groups excluding carboxylic acids is 16. The van der Waals surface area contributed by atoms with Gasteiger partial charge >= 0.3 is 11.9 Å². The van der Waals surface area contributed by atoms with Crippen molar-refractivity contribution in [1.29, 1.82) is 0 Å². The van der Waals surface area contributed by atoms with E-state index in [1.54, 1.807) is 60.9 Å². The van der Waals surface area contributed by atoms with E-state index in [0.717, 1.165) is 26.5 Å². The summed E-state index contributed by atoms with van der Waals surface area (Å²) in [6.45, 7) is 4.54. The molecular weight excluding hydrogens is 1750 g/mol. The molecule has 0 aliphatic carbocycles. The zero-order valence-electron chi connectivity index (χ0n) is 75.3. The van der Waals surface area contributed by atoms with Crippen molar-refractivity contribution < 1.29 is 107 Å². The predicted octanol–water partition coefficient (Wildman–Crippen LogP) is -2.01. The summed E-state index contributed by atoms with van der Waals surface area (Å²) < 4.78 is 0. The first-order valence-electron chi connectivity index (χ1n) is 44.3. The van der Waals surface area contributed by atoms with Crippen LogP contribution in [0.2, 0.25) is 0 Å². The van der Waals surface area contributed by atoms with Crippen molar-refractivity contribution in [2.75, 3.05) is 58.8 Å². The van der Waals surface area contributed by atoms with Crippen molar-refractivity contribution in [3.8, 4) is 5.75 Å². The van der Waals surface area contributed by atoms with Crippen LogP contribution in [0.5, 0.6) is 5.75 Å². The van der Waals surface area contributed by atoms with Gasteiger partial charge in [0.2, 0.25) is 94.5 Å². The Morgan fingerprint density at radius 2 is 1.09 bits per heavy atom. The fraction of sp³-hybridized carbons (Fsp3) is 0.517. The van der Waals surface area contributed by atoms with Crippen LogP contribution in [0.1, 0.15) is 140 Å². The van der Waals surface area contributed by atoms with Gasteiger partial charge in [0, 0.05) is 125 Å². The molecule has 9 rings (SSSR count). The highest BCUT2D eigenvalue weighted by atomic mass is 32.2. The number of primary amides is 1. The van der Waals surface area contributed by atoms with E-state index in [9.17, 15) is 73.2 Å². The van der Waals surface area contributed by atoms with Crippen LogP contribution in [-0.4, -0.2) is 321 Å². The predicted molar refractivity (Wildman–Crippen MR) is 483 cm³/mol. The van der Waals surface area contributed by atoms with E-state index < -0.39 is 254 Å². The number of rotatable bonds is 25. The number of phenolic OH excluding ortho intramolecular Hbond substituents is 1. The number of carboxylic acids is 2. The first-order valence-corrected chi connectivity index (χ1v) is 45.5. The molecule has 720 valence electrons. The molecule has 0 bridgehead atoms. The van der Waals surface area contributed by atoms with Gasteiger partial charge in [-0.3, -0.25) is 86.3 Å². The number of thioether (sulfide) groups is 1. The van der Waals surface area contributed by atoms with E-state index in [1.165, 1.54) is 81.6 Å². The number of nitrogens with one attached hydrogen (secondary N) is 13. The van der Waals surface area contributed by atoms with Crippen LogP contribution in [0.3, 0.4) is 0 Å². The summed E-state index contributed by atoms with van der Waals surface area (Å²) in [4.78, 5) is 279. The maximum Gasteiger partial charge on any atom is 0.305 e. The second-order valence-electron chi connectivity index (χ2n) is 33.6. The molecule has 3 fully saturated rings. The lowest BCUT2D eigenvalue weighted by Crippen LogP contribution is -2.61. The number of aromatic nitrogens is 4. The third-order valence-corrected chi connectivity index (χ3v) is 24.9. The Bertz CT molecular complexity index is 5170. The highest BCUT2D eigenvalue weighted by molar-refractivity contribution is 8.00. The van der Waals surface area contributed by atoms with Crippen LogP contribution < -0.4 is 64.6 Å². The summed E-state index contributed by atoms with van der Waals surface area (Å²) in [5.41, 5.74) is 14.5. The van der Waals surface area contributed by atoms with Crippen LogP contribution in [-0.2, 0) is 112 Å². The average molecular weight is 1870 g/mol. The molecule has 43 nitrogen and oxygen atoms in total. The van der Waals surface area contributed by atoms with Crippen molar-refractivity contribution >= 4 is 140 Å². The minimum Gasteiger partial charge on any atom is -0.508 e. The van der Waals surface area contributed by atoms with Crippen molar-refractivity contribution in [1.82, 2.24) is 97.6 Å². The standard InChI is InChI=1S/C89H121N21O22S/c1-8-10-12-23-70-89(132)107(6)68(22-11-9-2)82(125)97-48(3)76(119)105-67(78(121)95-43-72(91)113)45-133-46-73(114)98-64(34-50-25-27-54(111)28-26-50)85(128)106(5)49(4)77(120)103-66(39-75(117)118)88(131)109-33-17-24-69(109)83(126)102-63(37-53-42-92-47-96-53)81(124)100-61(29-30-74(115)116)87(130)110-44-55(112)38-71(110)84(127)101-62(35-51-40-93-58-20-15-13-18-56(51)58)80(123)99-60(31-32-90)79(122)104-65(86(129)108(70)7)36-52-41-94-59-21-16-14-19-57(52)59/h13-16,18-21,25-28,40-42,47-49,55,60-71,93-94,111-112H,8-12,17,22-24,29-39,43-46,90H2,1-7H3,(H2,91,113)(H,92,96)(H,95,121)(H,97,125)(H,98,114)(H,99,123)(H,100,124)(H,101,127)(H,102,126)(H,103,120)(H,104,122)(H,105,119)(H,115,116)(H,117,118)/t48-,49-,55+,60-,61-,62-,63-,64-,65-,66-,67-,68-,69-,70-,71-/m0/s1. The summed E-state index contributed by atoms with van der Waals surface area (Å²) in [5, 5.41) is 69.2. The summed E-state index contributed by atoms with van der Waals surface area (Å²) in [7, 11) is 3.92. The minimum atomic E-state index is -1.94. The monoisotopic (exact) mass is 1870 g/mol. The van der Waals surface area contributed by atoms with Gasteiger partial charge in [-0.05, 0) is 99.9 Å². The topological polar surface area (TPSA) is 637 Å². The smallest absolute Gasteiger partial charge is 0.305 e. The van der Waals surface area contributed by atoms with Crippen LogP contribution in [0.15, 0.2) is 97.7 Å². The van der Waals surface area contributed by atoms with Gasteiger partial charge in [-0.15, -0.1) is 11.8 Å². The van der Waals surface area contributed by atoms with Crippen LogP contribution in [0.4, 0.5) is 0 Å². The van der Waals surface area contributed by atoms with E-state index in [0.29, 0.717) is 70.6 Å². The fourth-order valence-corrected chi connectivity index (χ4v) is 17.2. The number of para-hydroxylation sites is 2. The van der Waals surface area contributed by atoms with Crippen LogP contribution in [0.25, 0.3) is 21.8 Å². The lowest BCUT2D eigenvalue weighted by atomic mass is 9.99. The quantitative estimate of drug-likeness (QED) is 0.0275. The van der Waals surface area contributed by atoms with Gasteiger partial charge in [-0.1, -0.05) is 94.5 Å². The molecule has 21 N–H and O–H groups in total. The number of nitrogens with two attached hydrogens (primary N) is 2. The van der Waals surface area contributed by atoms with E-state index in [-0.39, 0.29) is 75.9 Å². The van der Waals surface area contributed by atoms with Gasteiger partial charge in [0.05, 0.1) is 31.1 Å². The molecular formula is C89H121N21O22S. The van der Waals surface area contributed by atoms with Gasteiger partial charge < -0.3 is 125 Å². The molecule has 15 atom stereocenters. The van der Waals surface area contributed by atoms with Gasteiger partial charge in [0.15, 0.2) is 0 Å². The number of aromatic amines is 3. The number of likely N-dealkylation sites (N-methyl/N-ethyl adjacent to an activating group) is 3. The molecule has 0 saturated carbocycles. The number of benzene rings is 3. The summed E-state index contributed by atoms with van der Waals surface area (Å²) in [6.07, 6.45) is 2.36. The number of unbranched alkanes of at least 4 members (excludes halogenated alkanes) is 3. The maximum absolute atomic E-state index is 15.8. The van der Waals surface area contributed by atoms with Crippen LogP contribution in [0, 0.1) is 0 Å². The molecule has 3 aliphatic heterocycles. The molecule has 0 radical (unpaired) electrons. The first-order chi connectivity index (χ1) is 63.4. The van der Waals surface area contributed by atoms with E-state index in [4.69, 9.17) is 11.5 Å². The molecule has 3 aliphatic rings. The molecule has 3 aromatic heterocycles. The number of imidazole rings is 1. The number of aliphatic carboxylic acids is 2. The fourth-order valence-electron chi connectivity index (χ4n) is 16.4. The van der Waals surface area contributed by atoms with E-state index in [2.05, 4.69) is 73.1 Å². The Balaban J connectivity index is 1.09. The molecule has 133 heavy (non-hydrogen) atoms. The maximum atomic E-state index is 15.8. The number of aliphatic hydroxyl groups is 1. The third kappa shape index (κ3) is 28.5. The Hall–Kier alpha value is -13.5. The highest BCUT2D eigenvalue weighted by Gasteiger charge is 2.47. The van der Waals surface area contributed by atoms with E-state index >= 15 is 33.6 Å². The molecule has 0 unspecified atom stereocenters. The third-order valence-electron chi connectivity index (χ3n) is 23.9. The second-order valence-corrected chi connectivity index (χ2v) is 34.7. The second kappa shape index (κ2) is 49.1. The van der Waals surface area contributed by atoms with E-state index in [1.807, 2.05) is 13.8 Å². The molecule has 16 amide bonds. The number of carbonyl (C=O) groups is 18. The van der Waals surface area contributed by atoms with Gasteiger partial charge in [0.1, 0.15) is 90.3 Å². The Kier molecular flexibility index (Phi) is 38.1.